The minimum absolute atomic E-state index is 0.104. The molecule has 0 aromatic carbocycles. The fourth-order valence-electron chi connectivity index (χ4n) is 3.59. The molecule has 2 rings (SSSR count). The maximum absolute atomic E-state index is 12.8. The normalized spacial score (nSPS) is 28.2. The molecular formula is C16H30N2O. The van der Waals surface area contributed by atoms with E-state index in [0.717, 1.165) is 32.2 Å². The van der Waals surface area contributed by atoms with E-state index >= 15 is 0 Å². The number of carbonyl (C=O) groups excluding carboxylic acids is 1. The van der Waals surface area contributed by atoms with Crippen LogP contribution in [0.5, 0.6) is 0 Å². The highest BCUT2D eigenvalue weighted by molar-refractivity contribution is 5.80. The first kappa shape index (κ1) is 14.8. The van der Waals surface area contributed by atoms with E-state index in [4.69, 9.17) is 5.73 Å². The molecule has 0 bridgehead atoms. The van der Waals surface area contributed by atoms with Gasteiger partial charge in [-0.2, -0.15) is 0 Å². The van der Waals surface area contributed by atoms with E-state index in [-0.39, 0.29) is 12.0 Å². The summed E-state index contributed by atoms with van der Waals surface area (Å²) in [7, 11) is 0. The first-order valence-electron chi connectivity index (χ1n) is 8.15. The van der Waals surface area contributed by atoms with Crippen molar-refractivity contribution in [3.05, 3.63) is 0 Å². The van der Waals surface area contributed by atoms with Crippen molar-refractivity contribution in [1.82, 2.24) is 4.90 Å². The molecule has 2 fully saturated rings. The molecule has 2 atom stereocenters. The van der Waals surface area contributed by atoms with Crippen molar-refractivity contribution >= 4 is 5.91 Å². The third-order valence-corrected chi connectivity index (χ3v) is 4.88. The number of carbonyl (C=O) groups is 1. The summed E-state index contributed by atoms with van der Waals surface area (Å²) < 4.78 is 0. The number of nitrogens with two attached hydrogens (primary N) is 1. The molecule has 2 N–H and O–H groups in total. The van der Waals surface area contributed by atoms with Gasteiger partial charge in [-0.05, 0) is 38.0 Å². The maximum Gasteiger partial charge on any atom is 0.227 e. The Labute approximate surface area is 117 Å². The van der Waals surface area contributed by atoms with Crippen LogP contribution in [0.4, 0.5) is 0 Å². The van der Waals surface area contributed by atoms with Crippen molar-refractivity contribution in [1.29, 1.82) is 0 Å². The Kier molecular flexibility index (Phi) is 5.26. The lowest BCUT2D eigenvalue weighted by atomic mass is 10.00. The molecule has 0 aromatic rings. The molecule has 0 saturated heterocycles. The summed E-state index contributed by atoms with van der Waals surface area (Å²) in [6.45, 7) is 5.40. The third kappa shape index (κ3) is 3.71. The van der Waals surface area contributed by atoms with E-state index in [1.54, 1.807) is 0 Å². The standard InChI is InChI=1S/C16H30N2O/c1-12(2)10-11-18(13-6-3-4-7-13)16(19)14-8-5-9-15(14)17/h12-15H,3-11,17H2,1-2H3. The zero-order chi connectivity index (χ0) is 13.8. The van der Waals surface area contributed by atoms with Crippen molar-refractivity contribution in [3.63, 3.8) is 0 Å². The van der Waals surface area contributed by atoms with Crippen molar-refractivity contribution in [2.45, 2.75) is 77.3 Å². The molecular weight excluding hydrogens is 236 g/mol. The zero-order valence-electron chi connectivity index (χ0n) is 12.6. The largest absolute Gasteiger partial charge is 0.339 e. The quantitative estimate of drug-likeness (QED) is 0.831. The molecule has 19 heavy (non-hydrogen) atoms. The van der Waals surface area contributed by atoms with Crippen LogP contribution in [0.25, 0.3) is 0 Å². The van der Waals surface area contributed by atoms with Crippen LogP contribution in [0.15, 0.2) is 0 Å². The van der Waals surface area contributed by atoms with Gasteiger partial charge in [-0.3, -0.25) is 4.79 Å². The Morgan fingerprint density at radius 2 is 1.84 bits per heavy atom. The van der Waals surface area contributed by atoms with Crippen LogP contribution in [0.1, 0.15) is 65.2 Å². The van der Waals surface area contributed by atoms with Crippen molar-refractivity contribution < 1.29 is 4.79 Å². The van der Waals surface area contributed by atoms with Gasteiger partial charge in [0.05, 0.1) is 5.92 Å². The predicted molar refractivity (Wildman–Crippen MR) is 78.7 cm³/mol. The van der Waals surface area contributed by atoms with Crippen LogP contribution < -0.4 is 5.73 Å². The lowest BCUT2D eigenvalue weighted by Crippen LogP contribution is -2.46. The fourth-order valence-corrected chi connectivity index (χ4v) is 3.59. The van der Waals surface area contributed by atoms with Gasteiger partial charge in [0.1, 0.15) is 0 Å². The summed E-state index contributed by atoms with van der Waals surface area (Å²) in [6.07, 6.45) is 9.24. The number of hydrogen-bond donors (Lipinski definition) is 1. The van der Waals surface area contributed by atoms with Crippen LogP contribution in [0, 0.1) is 11.8 Å². The molecule has 2 aliphatic rings. The molecule has 0 aliphatic heterocycles. The van der Waals surface area contributed by atoms with Crippen molar-refractivity contribution in [2.75, 3.05) is 6.54 Å². The summed E-state index contributed by atoms with van der Waals surface area (Å²) in [6, 6.07) is 0.606. The number of hydrogen-bond acceptors (Lipinski definition) is 2. The Morgan fingerprint density at radius 1 is 1.16 bits per heavy atom. The van der Waals surface area contributed by atoms with Crippen LogP contribution in [-0.4, -0.2) is 29.4 Å². The van der Waals surface area contributed by atoms with Gasteiger partial charge >= 0.3 is 0 Å². The van der Waals surface area contributed by atoms with Crippen LogP contribution in [-0.2, 0) is 4.79 Å². The second-order valence-electron chi connectivity index (χ2n) is 6.85. The Hall–Kier alpha value is -0.570. The number of nitrogens with zero attached hydrogens (tertiary/aromatic N) is 1. The summed E-state index contributed by atoms with van der Waals surface area (Å²) >= 11 is 0. The second-order valence-corrected chi connectivity index (χ2v) is 6.85. The molecule has 3 heteroatoms. The lowest BCUT2D eigenvalue weighted by Gasteiger charge is -2.33. The van der Waals surface area contributed by atoms with E-state index in [1.165, 1.54) is 25.7 Å². The van der Waals surface area contributed by atoms with Crippen molar-refractivity contribution in [2.24, 2.45) is 17.6 Å². The Bertz CT molecular complexity index is 297. The minimum atomic E-state index is 0.104. The van der Waals surface area contributed by atoms with Gasteiger partial charge < -0.3 is 10.6 Å². The average Bonchev–Trinajstić information content (AvgIpc) is 3.00. The highest BCUT2D eigenvalue weighted by Gasteiger charge is 2.36. The fraction of sp³-hybridized carbons (Fsp3) is 0.938. The molecule has 110 valence electrons. The number of rotatable bonds is 5. The molecule has 2 aliphatic carbocycles. The summed E-state index contributed by atoms with van der Waals surface area (Å²) in [5, 5.41) is 0. The molecule has 2 unspecified atom stereocenters. The number of amides is 1. The van der Waals surface area contributed by atoms with E-state index in [9.17, 15) is 4.79 Å². The van der Waals surface area contributed by atoms with Crippen molar-refractivity contribution in [3.8, 4) is 0 Å². The molecule has 0 aromatic heterocycles. The van der Waals surface area contributed by atoms with Gasteiger partial charge in [-0.15, -0.1) is 0 Å². The smallest absolute Gasteiger partial charge is 0.227 e. The van der Waals surface area contributed by atoms with Crippen LogP contribution in [0.3, 0.4) is 0 Å². The summed E-state index contributed by atoms with van der Waals surface area (Å²) in [5.74, 6) is 1.12. The molecule has 0 spiro atoms. The zero-order valence-corrected chi connectivity index (χ0v) is 12.6. The van der Waals surface area contributed by atoms with Gasteiger partial charge in [0.25, 0.3) is 0 Å². The van der Waals surface area contributed by atoms with E-state index in [1.807, 2.05) is 0 Å². The average molecular weight is 266 g/mol. The van der Waals surface area contributed by atoms with Crippen LogP contribution in [0.2, 0.25) is 0 Å². The highest BCUT2D eigenvalue weighted by Crippen LogP contribution is 2.30. The van der Waals surface area contributed by atoms with Gasteiger partial charge in [0.15, 0.2) is 0 Å². The summed E-state index contributed by atoms with van der Waals surface area (Å²) in [5.41, 5.74) is 6.12. The minimum Gasteiger partial charge on any atom is -0.339 e. The molecule has 2 saturated carbocycles. The topological polar surface area (TPSA) is 46.3 Å². The maximum atomic E-state index is 12.8. The van der Waals surface area contributed by atoms with E-state index in [0.29, 0.717) is 17.9 Å². The SMILES string of the molecule is CC(C)CCN(C(=O)C1CCCC1N)C1CCCC1. The van der Waals surface area contributed by atoms with Gasteiger partial charge in [0.2, 0.25) is 5.91 Å². The first-order chi connectivity index (χ1) is 9.09. The molecule has 3 nitrogen and oxygen atoms in total. The third-order valence-electron chi connectivity index (χ3n) is 4.88. The monoisotopic (exact) mass is 266 g/mol. The lowest BCUT2D eigenvalue weighted by molar-refractivity contribution is -0.138. The molecule has 1 amide bonds. The first-order valence-corrected chi connectivity index (χ1v) is 8.15. The van der Waals surface area contributed by atoms with Gasteiger partial charge in [-0.25, -0.2) is 0 Å². The second kappa shape index (κ2) is 6.74. The van der Waals surface area contributed by atoms with E-state index in [2.05, 4.69) is 18.7 Å². The highest BCUT2D eigenvalue weighted by atomic mass is 16.2. The molecule has 0 heterocycles. The van der Waals surface area contributed by atoms with Crippen LogP contribution >= 0.6 is 0 Å². The van der Waals surface area contributed by atoms with E-state index < -0.39 is 0 Å². The Morgan fingerprint density at radius 3 is 2.37 bits per heavy atom. The Balaban J connectivity index is 2.00. The van der Waals surface area contributed by atoms with Gasteiger partial charge in [-0.1, -0.05) is 33.1 Å². The predicted octanol–water partition coefficient (Wildman–Crippen LogP) is 2.93. The summed E-state index contributed by atoms with van der Waals surface area (Å²) in [4.78, 5) is 15.0. The van der Waals surface area contributed by atoms with Gasteiger partial charge in [0, 0.05) is 18.6 Å². The molecule has 0 radical (unpaired) electrons.